The lowest BCUT2D eigenvalue weighted by atomic mass is 10.2. The van der Waals surface area contributed by atoms with Crippen LogP contribution in [0.4, 0.5) is 25.8 Å². The second-order valence-electron chi connectivity index (χ2n) is 3.93. The summed E-state index contributed by atoms with van der Waals surface area (Å²) in [6.07, 6.45) is 0. The number of ether oxygens (including phenoxy) is 1. The third-order valence-corrected chi connectivity index (χ3v) is 2.52. The molecule has 0 unspecified atom stereocenters. The van der Waals surface area contributed by atoms with Crippen LogP contribution < -0.4 is 15.8 Å². The third-order valence-electron chi connectivity index (χ3n) is 2.52. The molecule has 0 atom stereocenters. The second-order valence-corrected chi connectivity index (χ2v) is 3.93. The molecule has 0 aliphatic heterocycles. The zero-order valence-electron chi connectivity index (χ0n) is 10.4. The summed E-state index contributed by atoms with van der Waals surface area (Å²) in [5.74, 6) is -0.686. The van der Waals surface area contributed by atoms with Gasteiger partial charge in [0.05, 0.1) is 18.0 Å². The maximum atomic E-state index is 13.6. The molecule has 0 heterocycles. The Hall–Kier alpha value is -2.30. The fraction of sp³-hybridized carbons (Fsp3) is 0.143. The molecule has 2 rings (SSSR count). The first kappa shape index (κ1) is 13.1. The van der Waals surface area contributed by atoms with Crippen molar-refractivity contribution in [2.75, 3.05) is 17.7 Å². The first-order valence-electron chi connectivity index (χ1n) is 5.84. The standard InChI is InChI=1S/C14H14F2N2O/c1-2-19-14-6-4-10(8-11(14)16)18-13-5-3-9(15)7-12(13)17/h3-8,18H,2,17H2,1H3. The highest BCUT2D eigenvalue weighted by molar-refractivity contribution is 5.72. The Morgan fingerprint density at radius 2 is 1.95 bits per heavy atom. The fourth-order valence-electron chi connectivity index (χ4n) is 1.65. The molecular weight excluding hydrogens is 250 g/mol. The Bertz CT molecular complexity index is 588. The zero-order chi connectivity index (χ0) is 13.8. The van der Waals surface area contributed by atoms with Crippen molar-refractivity contribution in [2.45, 2.75) is 6.92 Å². The Kier molecular flexibility index (Phi) is 3.85. The van der Waals surface area contributed by atoms with Crippen molar-refractivity contribution >= 4 is 17.1 Å². The van der Waals surface area contributed by atoms with Crippen LogP contribution in [0.15, 0.2) is 36.4 Å². The van der Waals surface area contributed by atoms with Crippen molar-refractivity contribution in [3.63, 3.8) is 0 Å². The molecule has 0 aliphatic rings. The largest absolute Gasteiger partial charge is 0.491 e. The molecule has 0 saturated heterocycles. The molecule has 3 N–H and O–H groups in total. The van der Waals surface area contributed by atoms with Gasteiger partial charge in [0.2, 0.25) is 0 Å². The Morgan fingerprint density at radius 1 is 1.16 bits per heavy atom. The molecule has 0 amide bonds. The highest BCUT2D eigenvalue weighted by Crippen LogP contribution is 2.27. The lowest BCUT2D eigenvalue weighted by molar-refractivity contribution is 0.321. The van der Waals surface area contributed by atoms with Gasteiger partial charge in [-0.05, 0) is 37.3 Å². The minimum absolute atomic E-state index is 0.195. The Balaban J connectivity index is 2.21. The summed E-state index contributed by atoms with van der Waals surface area (Å²) in [6, 6.07) is 8.47. The van der Waals surface area contributed by atoms with E-state index in [9.17, 15) is 8.78 Å². The number of hydrogen-bond acceptors (Lipinski definition) is 3. The number of rotatable bonds is 4. The first-order valence-corrected chi connectivity index (χ1v) is 5.84. The molecule has 2 aromatic carbocycles. The van der Waals surface area contributed by atoms with Gasteiger partial charge in [0, 0.05) is 11.8 Å². The topological polar surface area (TPSA) is 47.3 Å². The van der Waals surface area contributed by atoms with Gasteiger partial charge in [-0.15, -0.1) is 0 Å². The monoisotopic (exact) mass is 264 g/mol. The van der Waals surface area contributed by atoms with Crippen LogP contribution in [0.2, 0.25) is 0 Å². The van der Waals surface area contributed by atoms with Crippen molar-refractivity contribution in [3.8, 4) is 5.75 Å². The number of hydrogen-bond donors (Lipinski definition) is 2. The SMILES string of the molecule is CCOc1ccc(Nc2ccc(F)cc2N)cc1F. The van der Waals surface area contributed by atoms with Crippen molar-refractivity contribution in [2.24, 2.45) is 0 Å². The van der Waals surface area contributed by atoms with Gasteiger partial charge < -0.3 is 15.8 Å². The van der Waals surface area contributed by atoms with Crippen LogP contribution >= 0.6 is 0 Å². The number of benzene rings is 2. The number of nitrogens with two attached hydrogens (primary N) is 1. The summed E-state index contributed by atoms with van der Waals surface area (Å²) in [7, 11) is 0. The molecule has 100 valence electrons. The smallest absolute Gasteiger partial charge is 0.167 e. The van der Waals surface area contributed by atoms with E-state index in [-0.39, 0.29) is 11.4 Å². The van der Waals surface area contributed by atoms with Gasteiger partial charge >= 0.3 is 0 Å². The average molecular weight is 264 g/mol. The summed E-state index contributed by atoms with van der Waals surface area (Å²) in [6.45, 7) is 2.18. The van der Waals surface area contributed by atoms with E-state index >= 15 is 0 Å². The van der Waals surface area contributed by atoms with Crippen molar-refractivity contribution in [3.05, 3.63) is 48.0 Å². The second kappa shape index (κ2) is 5.56. The summed E-state index contributed by atoms with van der Waals surface area (Å²) in [5, 5.41) is 2.92. The van der Waals surface area contributed by atoms with Crippen LogP contribution in [0.25, 0.3) is 0 Å². The number of anilines is 3. The first-order chi connectivity index (χ1) is 9.10. The van der Waals surface area contributed by atoms with Crippen molar-refractivity contribution in [1.29, 1.82) is 0 Å². The van der Waals surface area contributed by atoms with E-state index in [0.717, 1.165) is 0 Å². The van der Waals surface area contributed by atoms with Crippen LogP contribution in [-0.2, 0) is 0 Å². The summed E-state index contributed by atoms with van der Waals surface area (Å²) in [4.78, 5) is 0. The Labute approximate surface area is 110 Å². The molecule has 19 heavy (non-hydrogen) atoms. The van der Waals surface area contributed by atoms with E-state index in [1.807, 2.05) is 0 Å². The van der Waals surface area contributed by atoms with Gasteiger partial charge in [-0.1, -0.05) is 0 Å². The van der Waals surface area contributed by atoms with Crippen LogP contribution in [0.3, 0.4) is 0 Å². The van der Waals surface area contributed by atoms with Gasteiger partial charge in [0.15, 0.2) is 11.6 Å². The maximum absolute atomic E-state index is 13.6. The van der Waals surface area contributed by atoms with Crippen molar-refractivity contribution < 1.29 is 13.5 Å². The number of halogens is 2. The van der Waals surface area contributed by atoms with E-state index in [4.69, 9.17) is 10.5 Å². The van der Waals surface area contributed by atoms with E-state index < -0.39 is 11.6 Å². The van der Waals surface area contributed by atoms with Gasteiger partial charge in [-0.2, -0.15) is 0 Å². The van der Waals surface area contributed by atoms with Crippen molar-refractivity contribution in [1.82, 2.24) is 0 Å². The lowest BCUT2D eigenvalue weighted by Gasteiger charge is -2.11. The van der Waals surface area contributed by atoms with E-state index in [2.05, 4.69) is 5.32 Å². The van der Waals surface area contributed by atoms with Crippen LogP contribution in [0.1, 0.15) is 6.92 Å². The highest BCUT2D eigenvalue weighted by atomic mass is 19.1. The quantitative estimate of drug-likeness (QED) is 0.828. The van der Waals surface area contributed by atoms with Crippen LogP contribution in [0, 0.1) is 11.6 Å². The van der Waals surface area contributed by atoms with Gasteiger partial charge in [-0.3, -0.25) is 0 Å². The predicted octanol–water partition coefficient (Wildman–Crippen LogP) is 3.69. The molecule has 0 spiro atoms. The minimum atomic E-state index is -0.465. The third kappa shape index (κ3) is 3.13. The summed E-state index contributed by atoms with van der Waals surface area (Å²) >= 11 is 0. The molecule has 0 fully saturated rings. The van der Waals surface area contributed by atoms with Crippen LogP contribution in [0.5, 0.6) is 5.75 Å². The van der Waals surface area contributed by atoms with E-state index in [1.54, 1.807) is 13.0 Å². The lowest BCUT2D eigenvalue weighted by Crippen LogP contribution is -1.99. The zero-order valence-corrected chi connectivity index (χ0v) is 10.4. The molecule has 0 aromatic heterocycles. The number of nitrogen functional groups attached to an aromatic ring is 1. The molecule has 0 bridgehead atoms. The molecule has 5 heteroatoms. The summed E-state index contributed by atoms with van der Waals surface area (Å²) < 4.78 is 31.7. The molecular formula is C14H14F2N2O. The van der Waals surface area contributed by atoms with Gasteiger partial charge in [0.1, 0.15) is 5.82 Å². The Morgan fingerprint density at radius 3 is 2.58 bits per heavy atom. The molecule has 0 saturated carbocycles. The number of nitrogens with one attached hydrogen (secondary N) is 1. The summed E-state index contributed by atoms with van der Waals surface area (Å²) in [5.41, 5.74) is 6.95. The normalized spacial score (nSPS) is 10.3. The van der Waals surface area contributed by atoms with Gasteiger partial charge in [-0.25, -0.2) is 8.78 Å². The average Bonchev–Trinajstić information content (AvgIpc) is 2.36. The predicted molar refractivity (Wildman–Crippen MR) is 71.7 cm³/mol. The molecule has 3 nitrogen and oxygen atoms in total. The molecule has 0 aliphatic carbocycles. The molecule has 0 radical (unpaired) electrons. The minimum Gasteiger partial charge on any atom is -0.491 e. The fourth-order valence-corrected chi connectivity index (χ4v) is 1.65. The van der Waals surface area contributed by atoms with E-state index in [0.29, 0.717) is 18.0 Å². The molecule has 2 aromatic rings. The van der Waals surface area contributed by atoms with Gasteiger partial charge in [0.25, 0.3) is 0 Å². The highest BCUT2D eigenvalue weighted by Gasteiger charge is 2.06. The van der Waals surface area contributed by atoms with E-state index in [1.165, 1.54) is 30.3 Å². The van der Waals surface area contributed by atoms with Crippen LogP contribution in [-0.4, -0.2) is 6.61 Å². The maximum Gasteiger partial charge on any atom is 0.167 e.